The van der Waals surface area contributed by atoms with Gasteiger partial charge in [0.05, 0.1) is 12.7 Å². The van der Waals surface area contributed by atoms with E-state index < -0.39 is 6.10 Å². The van der Waals surface area contributed by atoms with Gasteiger partial charge in [0.25, 0.3) is 0 Å². The van der Waals surface area contributed by atoms with Gasteiger partial charge in [-0.1, -0.05) is 0 Å². The molecule has 68 valence electrons. The van der Waals surface area contributed by atoms with Crippen LogP contribution in [0.3, 0.4) is 0 Å². The van der Waals surface area contributed by atoms with Gasteiger partial charge in [-0.05, 0) is 20.8 Å². The molecule has 0 spiro atoms. The Morgan fingerprint density at radius 3 is 2.36 bits per heavy atom. The number of nitrogens with one attached hydrogen (secondary N) is 1. The summed E-state index contributed by atoms with van der Waals surface area (Å²) in [5, 5.41) is 12.4. The predicted octanol–water partition coefficient (Wildman–Crippen LogP) is 0.382. The van der Waals surface area contributed by atoms with E-state index in [0.29, 0.717) is 13.2 Å². The summed E-state index contributed by atoms with van der Waals surface area (Å²) < 4.78 is 4.78. The van der Waals surface area contributed by atoms with E-state index in [4.69, 9.17) is 4.74 Å². The molecule has 0 rings (SSSR count). The molecule has 0 aromatic rings. The van der Waals surface area contributed by atoms with Gasteiger partial charge in [0, 0.05) is 19.2 Å². The standard InChI is InChI=1S/C8H19NO2/c1-8(2,3)9-5-7(10)6-11-4/h7,9-10H,5-6H2,1-4H3. The SMILES string of the molecule is COCC(O)CNC(C)(C)C. The third kappa shape index (κ3) is 7.78. The van der Waals surface area contributed by atoms with Crippen LogP contribution in [0.1, 0.15) is 20.8 Å². The number of aliphatic hydroxyl groups is 1. The van der Waals surface area contributed by atoms with Crippen molar-refractivity contribution in [1.29, 1.82) is 0 Å². The Kier molecular flexibility index (Phi) is 4.65. The molecule has 0 aliphatic heterocycles. The number of β-amino-alcohol motifs (C(OH)–C–C–N with tert-alkyl or cyclic N) is 1. The lowest BCUT2D eigenvalue weighted by Crippen LogP contribution is -2.42. The highest BCUT2D eigenvalue weighted by atomic mass is 16.5. The van der Waals surface area contributed by atoms with E-state index in [2.05, 4.69) is 26.1 Å². The highest BCUT2D eigenvalue weighted by molar-refractivity contribution is 4.72. The van der Waals surface area contributed by atoms with Crippen LogP contribution in [0.15, 0.2) is 0 Å². The molecule has 0 saturated carbocycles. The lowest BCUT2D eigenvalue weighted by Gasteiger charge is -2.22. The predicted molar refractivity (Wildman–Crippen MR) is 45.6 cm³/mol. The Bertz CT molecular complexity index is 98.8. The average Bonchev–Trinajstić information content (AvgIpc) is 1.83. The Hall–Kier alpha value is -0.120. The summed E-state index contributed by atoms with van der Waals surface area (Å²) in [6.45, 7) is 7.16. The molecule has 0 bridgehead atoms. The van der Waals surface area contributed by atoms with Crippen molar-refractivity contribution in [2.45, 2.75) is 32.4 Å². The van der Waals surface area contributed by atoms with E-state index in [-0.39, 0.29) is 5.54 Å². The van der Waals surface area contributed by atoms with E-state index in [9.17, 15) is 5.11 Å². The van der Waals surface area contributed by atoms with Crippen LogP contribution in [0, 0.1) is 0 Å². The zero-order chi connectivity index (χ0) is 8.91. The summed E-state index contributed by atoms with van der Waals surface area (Å²) >= 11 is 0. The fourth-order valence-electron chi connectivity index (χ4n) is 0.675. The lowest BCUT2D eigenvalue weighted by atomic mass is 10.1. The summed E-state index contributed by atoms with van der Waals surface area (Å²) in [6, 6.07) is 0. The van der Waals surface area contributed by atoms with Crippen LogP contribution in [0.25, 0.3) is 0 Å². The topological polar surface area (TPSA) is 41.5 Å². The maximum absolute atomic E-state index is 9.22. The number of hydrogen-bond acceptors (Lipinski definition) is 3. The van der Waals surface area contributed by atoms with E-state index in [1.807, 2.05) is 0 Å². The Morgan fingerprint density at radius 2 is 2.00 bits per heavy atom. The molecule has 2 N–H and O–H groups in total. The summed E-state index contributed by atoms with van der Waals surface area (Å²) in [7, 11) is 1.58. The van der Waals surface area contributed by atoms with Crippen molar-refractivity contribution >= 4 is 0 Å². The smallest absolute Gasteiger partial charge is 0.0897 e. The molecule has 0 heterocycles. The molecule has 0 aliphatic carbocycles. The van der Waals surface area contributed by atoms with Gasteiger partial charge in [0.1, 0.15) is 0 Å². The fourth-order valence-corrected chi connectivity index (χ4v) is 0.675. The lowest BCUT2D eigenvalue weighted by molar-refractivity contribution is 0.0605. The van der Waals surface area contributed by atoms with Gasteiger partial charge in [0.2, 0.25) is 0 Å². The summed E-state index contributed by atoms with van der Waals surface area (Å²) in [5.41, 5.74) is 0.0642. The Morgan fingerprint density at radius 1 is 1.45 bits per heavy atom. The summed E-state index contributed by atoms with van der Waals surface area (Å²) in [6.07, 6.45) is -0.403. The quantitative estimate of drug-likeness (QED) is 0.626. The first-order valence-electron chi connectivity index (χ1n) is 3.88. The highest BCUT2D eigenvalue weighted by Gasteiger charge is 2.11. The highest BCUT2D eigenvalue weighted by Crippen LogP contribution is 1.98. The second-order valence-corrected chi connectivity index (χ2v) is 3.74. The van der Waals surface area contributed by atoms with Crippen molar-refractivity contribution in [3.63, 3.8) is 0 Å². The molecule has 1 atom stereocenters. The van der Waals surface area contributed by atoms with Gasteiger partial charge < -0.3 is 15.2 Å². The van der Waals surface area contributed by atoms with E-state index in [1.165, 1.54) is 0 Å². The van der Waals surface area contributed by atoms with Crippen molar-refractivity contribution < 1.29 is 9.84 Å². The minimum Gasteiger partial charge on any atom is -0.389 e. The second-order valence-electron chi connectivity index (χ2n) is 3.74. The summed E-state index contributed by atoms with van der Waals surface area (Å²) in [5.74, 6) is 0. The largest absolute Gasteiger partial charge is 0.389 e. The van der Waals surface area contributed by atoms with Crippen LogP contribution in [0.5, 0.6) is 0 Å². The molecule has 3 heteroatoms. The first kappa shape index (κ1) is 10.9. The van der Waals surface area contributed by atoms with Gasteiger partial charge in [-0.3, -0.25) is 0 Å². The third-order valence-electron chi connectivity index (χ3n) is 1.23. The molecule has 0 radical (unpaired) electrons. The van der Waals surface area contributed by atoms with Crippen LogP contribution in [-0.2, 0) is 4.74 Å². The van der Waals surface area contributed by atoms with Crippen LogP contribution >= 0.6 is 0 Å². The molecule has 0 fully saturated rings. The van der Waals surface area contributed by atoms with Gasteiger partial charge in [-0.25, -0.2) is 0 Å². The van der Waals surface area contributed by atoms with Crippen LogP contribution in [-0.4, -0.2) is 37.0 Å². The molecule has 11 heavy (non-hydrogen) atoms. The minimum atomic E-state index is -0.403. The van der Waals surface area contributed by atoms with Crippen molar-refractivity contribution in [1.82, 2.24) is 5.32 Å². The number of hydrogen-bond donors (Lipinski definition) is 2. The molecule has 0 aliphatic rings. The van der Waals surface area contributed by atoms with E-state index >= 15 is 0 Å². The Balaban J connectivity index is 3.38. The van der Waals surface area contributed by atoms with Gasteiger partial charge in [-0.15, -0.1) is 0 Å². The fraction of sp³-hybridized carbons (Fsp3) is 1.00. The first-order valence-corrected chi connectivity index (χ1v) is 3.88. The molecule has 3 nitrogen and oxygen atoms in total. The molecular formula is C8H19NO2. The monoisotopic (exact) mass is 161 g/mol. The van der Waals surface area contributed by atoms with Crippen LogP contribution in [0.4, 0.5) is 0 Å². The minimum absolute atomic E-state index is 0.0642. The Labute approximate surface area is 68.8 Å². The van der Waals surface area contributed by atoms with E-state index in [1.54, 1.807) is 7.11 Å². The zero-order valence-electron chi connectivity index (χ0n) is 7.85. The average molecular weight is 161 g/mol. The third-order valence-corrected chi connectivity index (χ3v) is 1.23. The maximum Gasteiger partial charge on any atom is 0.0897 e. The van der Waals surface area contributed by atoms with Crippen molar-refractivity contribution in [2.24, 2.45) is 0 Å². The molecule has 1 unspecified atom stereocenters. The molecule has 0 amide bonds. The molecule has 0 saturated heterocycles. The van der Waals surface area contributed by atoms with E-state index in [0.717, 1.165) is 0 Å². The number of aliphatic hydroxyl groups excluding tert-OH is 1. The van der Waals surface area contributed by atoms with Crippen molar-refractivity contribution in [2.75, 3.05) is 20.3 Å². The summed E-state index contributed by atoms with van der Waals surface area (Å²) in [4.78, 5) is 0. The second kappa shape index (κ2) is 4.70. The van der Waals surface area contributed by atoms with Crippen molar-refractivity contribution in [3.8, 4) is 0 Å². The van der Waals surface area contributed by atoms with Gasteiger partial charge >= 0.3 is 0 Å². The number of rotatable bonds is 4. The number of ether oxygens (including phenoxy) is 1. The van der Waals surface area contributed by atoms with Gasteiger partial charge in [0.15, 0.2) is 0 Å². The van der Waals surface area contributed by atoms with Crippen LogP contribution < -0.4 is 5.32 Å². The normalized spacial score (nSPS) is 15.0. The van der Waals surface area contributed by atoms with Crippen molar-refractivity contribution in [3.05, 3.63) is 0 Å². The molecular weight excluding hydrogens is 142 g/mol. The van der Waals surface area contributed by atoms with Crippen LogP contribution in [0.2, 0.25) is 0 Å². The number of methoxy groups -OCH3 is 1. The zero-order valence-corrected chi connectivity index (χ0v) is 7.85. The molecule has 0 aromatic heterocycles. The van der Waals surface area contributed by atoms with Gasteiger partial charge in [-0.2, -0.15) is 0 Å². The first-order chi connectivity index (χ1) is 4.95. The maximum atomic E-state index is 9.22. The molecule has 0 aromatic carbocycles.